The number of hydrogen-bond acceptors (Lipinski definition) is 3. The number of nitrogens with one attached hydrogen (secondary N) is 1. The van der Waals surface area contributed by atoms with Crippen LogP contribution in [0.5, 0.6) is 5.75 Å². The summed E-state index contributed by atoms with van der Waals surface area (Å²) in [7, 11) is 0. The van der Waals surface area contributed by atoms with E-state index in [1.807, 2.05) is 0 Å². The Labute approximate surface area is 113 Å². The zero-order valence-electron chi connectivity index (χ0n) is 9.05. The van der Waals surface area contributed by atoms with Gasteiger partial charge in [0.15, 0.2) is 0 Å². The lowest BCUT2D eigenvalue weighted by molar-refractivity contribution is 0.0856. The summed E-state index contributed by atoms with van der Waals surface area (Å²) in [5.74, 6) is 1.12. The molecule has 18 heavy (non-hydrogen) atoms. The second-order valence-corrected chi connectivity index (χ2v) is 4.29. The summed E-state index contributed by atoms with van der Waals surface area (Å²) < 4.78 is 43.5. The monoisotopic (exact) mass is 302 g/mol. The molecule has 1 aliphatic rings. The second-order valence-electron chi connectivity index (χ2n) is 3.88. The number of rotatable bonds is 4. The Bertz CT molecular complexity index is 445. The van der Waals surface area contributed by atoms with Crippen molar-refractivity contribution in [1.82, 2.24) is 0 Å². The molecule has 0 heterocycles. The van der Waals surface area contributed by atoms with Crippen molar-refractivity contribution in [1.29, 1.82) is 0 Å². The lowest BCUT2D eigenvalue weighted by Crippen LogP contribution is -2.10. The van der Waals surface area contributed by atoms with Crippen LogP contribution in [0.2, 0.25) is 5.02 Å². The van der Waals surface area contributed by atoms with Crippen molar-refractivity contribution < 1.29 is 17.9 Å². The van der Waals surface area contributed by atoms with Gasteiger partial charge >= 0.3 is 0 Å². The van der Waals surface area contributed by atoms with Gasteiger partial charge in [-0.2, -0.15) is 0 Å². The Morgan fingerprint density at radius 2 is 2.11 bits per heavy atom. The van der Waals surface area contributed by atoms with Gasteiger partial charge in [-0.05, 0) is 6.07 Å². The Morgan fingerprint density at radius 1 is 1.50 bits per heavy atom. The van der Waals surface area contributed by atoms with Gasteiger partial charge in [0.25, 0.3) is 5.92 Å². The maximum Gasteiger partial charge on any atom is 0.255 e. The molecule has 0 aromatic heterocycles. The fraction of sp³-hybridized carbons (Fsp3) is 0.400. The molecule has 3 N–H and O–H groups in total. The average Bonchev–Trinajstić information content (AvgIpc) is 2.85. The normalized spacial score (nSPS) is 19.9. The van der Waals surface area contributed by atoms with Gasteiger partial charge < -0.3 is 10.2 Å². The van der Waals surface area contributed by atoms with Gasteiger partial charge in [0.05, 0.1) is 23.2 Å². The van der Waals surface area contributed by atoms with Crippen molar-refractivity contribution in [3.63, 3.8) is 0 Å². The zero-order chi connectivity index (χ0) is 12.6. The van der Waals surface area contributed by atoms with Gasteiger partial charge in [0.2, 0.25) is 0 Å². The summed E-state index contributed by atoms with van der Waals surface area (Å²) in [6.45, 7) is -0.150. The first kappa shape index (κ1) is 15.2. The number of alkyl halides is 2. The molecule has 0 amide bonds. The third kappa shape index (κ3) is 3.13. The highest BCUT2D eigenvalue weighted by Gasteiger charge is 2.57. The van der Waals surface area contributed by atoms with Crippen molar-refractivity contribution in [2.24, 2.45) is 11.8 Å². The highest BCUT2D eigenvalue weighted by atomic mass is 35.5. The number of halogens is 5. The highest BCUT2D eigenvalue weighted by molar-refractivity contribution is 6.32. The number of nitrogen functional groups attached to an aromatic ring is 1. The van der Waals surface area contributed by atoms with Crippen LogP contribution >= 0.6 is 24.0 Å². The number of nitrogens with two attached hydrogens (primary N) is 1. The molecule has 0 bridgehead atoms. The quantitative estimate of drug-likeness (QED) is 0.663. The summed E-state index contributed by atoms with van der Waals surface area (Å²) in [4.78, 5) is 0. The van der Waals surface area contributed by atoms with Crippen LogP contribution in [0.1, 0.15) is 6.42 Å². The van der Waals surface area contributed by atoms with Crippen molar-refractivity contribution in [2.75, 3.05) is 12.0 Å². The minimum atomic E-state index is -2.65. The van der Waals surface area contributed by atoms with E-state index in [1.165, 1.54) is 6.07 Å². The zero-order valence-corrected chi connectivity index (χ0v) is 10.6. The van der Waals surface area contributed by atoms with Crippen LogP contribution in [0.25, 0.3) is 0 Å². The minimum absolute atomic E-state index is 0. The molecule has 8 heteroatoms. The number of ether oxygens (including phenoxy) is 1. The number of benzene rings is 1. The van der Waals surface area contributed by atoms with E-state index in [0.29, 0.717) is 0 Å². The average molecular weight is 303 g/mol. The number of hydrogen-bond donors (Lipinski definition) is 2. The molecule has 1 aromatic rings. The van der Waals surface area contributed by atoms with E-state index in [4.69, 9.17) is 22.2 Å². The van der Waals surface area contributed by atoms with Crippen LogP contribution in [0.3, 0.4) is 0 Å². The van der Waals surface area contributed by atoms with Gasteiger partial charge in [0, 0.05) is 12.5 Å². The third-order valence-corrected chi connectivity index (χ3v) is 2.87. The van der Waals surface area contributed by atoms with Crippen LogP contribution in [0, 0.1) is 11.7 Å². The van der Waals surface area contributed by atoms with Crippen molar-refractivity contribution >= 4 is 29.7 Å². The Hall–Kier alpha value is -0.850. The first-order chi connectivity index (χ1) is 7.94. The molecule has 0 radical (unpaired) electrons. The molecule has 1 saturated carbocycles. The van der Waals surface area contributed by atoms with Crippen molar-refractivity contribution in [3.8, 4) is 5.75 Å². The Balaban J connectivity index is 0.00000162. The molecule has 0 aliphatic heterocycles. The van der Waals surface area contributed by atoms with E-state index in [-0.39, 0.29) is 41.9 Å². The van der Waals surface area contributed by atoms with Gasteiger partial charge in [-0.25, -0.2) is 13.2 Å². The molecule has 1 atom stereocenters. The first-order valence-corrected chi connectivity index (χ1v) is 5.28. The fourth-order valence-electron chi connectivity index (χ4n) is 1.39. The minimum Gasteiger partial charge on any atom is -0.491 e. The molecular formula is C10H11Cl2F3N2O. The largest absolute Gasteiger partial charge is 0.491 e. The molecule has 0 spiro atoms. The SMILES string of the molecule is Cl.NNc1cc(OCC2CC2(F)F)c(Cl)cc1F. The maximum absolute atomic E-state index is 13.2. The van der Waals surface area contributed by atoms with E-state index >= 15 is 0 Å². The number of hydrazine groups is 1. The molecule has 102 valence electrons. The molecular weight excluding hydrogens is 292 g/mol. The van der Waals surface area contributed by atoms with Crippen molar-refractivity contribution in [2.45, 2.75) is 12.3 Å². The molecule has 2 rings (SSSR count). The molecule has 1 aromatic carbocycles. The van der Waals surface area contributed by atoms with Crippen molar-refractivity contribution in [3.05, 3.63) is 23.0 Å². The predicted octanol–water partition coefficient (Wildman–Crippen LogP) is 3.22. The van der Waals surface area contributed by atoms with Gasteiger partial charge in [-0.15, -0.1) is 12.4 Å². The summed E-state index contributed by atoms with van der Waals surface area (Å²) in [5, 5.41) is 0.0190. The van der Waals surface area contributed by atoms with E-state index in [0.717, 1.165) is 6.07 Å². The lowest BCUT2D eigenvalue weighted by Gasteiger charge is -2.10. The van der Waals surface area contributed by atoms with Gasteiger partial charge in [-0.1, -0.05) is 11.6 Å². The molecule has 1 unspecified atom stereocenters. The second kappa shape index (κ2) is 5.42. The number of anilines is 1. The first-order valence-electron chi connectivity index (χ1n) is 4.90. The van der Waals surface area contributed by atoms with E-state index < -0.39 is 17.7 Å². The van der Waals surface area contributed by atoms with Crippen LogP contribution in [-0.4, -0.2) is 12.5 Å². The fourth-order valence-corrected chi connectivity index (χ4v) is 1.60. The summed E-state index contributed by atoms with van der Waals surface area (Å²) in [6, 6.07) is 2.25. The molecule has 1 fully saturated rings. The van der Waals surface area contributed by atoms with E-state index in [9.17, 15) is 13.2 Å². The summed E-state index contributed by atoms with van der Waals surface area (Å²) in [6.07, 6.45) is -0.187. The molecule has 3 nitrogen and oxygen atoms in total. The molecule has 1 aliphatic carbocycles. The Kier molecular flexibility index (Phi) is 4.58. The third-order valence-electron chi connectivity index (χ3n) is 2.57. The van der Waals surface area contributed by atoms with Gasteiger partial charge in [0.1, 0.15) is 11.6 Å². The van der Waals surface area contributed by atoms with Gasteiger partial charge in [-0.3, -0.25) is 5.84 Å². The van der Waals surface area contributed by atoms with Crippen LogP contribution in [0.15, 0.2) is 12.1 Å². The van der Waals surface area contributed by atoms with Crippen LogP contribution in [0.4, 0.5) is 18.9 Å². The highest BCUT2D eigenvalue weighted by Crippen LogP contribution is 2.48. The summed E-state index contributed by atoms with van der Waals surface area (Å²) in [5.41, 5.74) is 2.11. The van der Waals surface area contributed by atoms with E-state index in [2.05, 4.69) is 5.43 Å². The topological polar surface area (TPSA) is 47.3 Å². The molecule has 0 saturated heterocycles. The predicted molar refractivity (Wildman–Crippen MR) is 65.0 cm³/mol. The smallest absolute Gasteiger partial charge is 0.255 e. The van der Waals surface area contributed by atoms with Crippen LogP contribution in [-0.2, 0) is 0 Å². The Morgan fingerprint density at radius 3 is 2.61 bits per heavy atom. The summed E-state index contributed by atoms with van der Waals surface area (Å²) >= 11 is 5.71. The van der Waals surface area contributed by atoms with Crippen LogP contribution < -0.4 is 16.0 Å². The maximum atomic E-state index is 13.2. The lowest BCUT2D eigenvalue weighted by atomic mass is 10.3. The van der Waals surface area contributed by atoms with E-state index in [1.54, 1.807) is 0 Å². The standard InChI is InChI=1S/C10H10ClF3N2O.ClH/c11-6-1-7(12)8(16-15)2-9(6)17-4-5-3-10(5,13)14;/h1-2,5,16H,3-4,15H2;1H.